The number of nitrogens with zero attached hydrogens (tertiary/aromatic N) is 1. The van der Waals surface area contributed by atoms with Crippen molar-refractivity contribution in [1.82, 2.24) is 4.98 Å². The predicted octanol–water partition coefficient (Wildman–Crippen LogP) is 5.06. The number of aromatic nitrogens is 1. The van der Waals surface area contributed by atoms with Crippen LogP contribution in [0.15, 0.2) is 48.7 Å². The molecule has 0 aliphatic heterocycles. The Hall–Kier alpha value is -2.66. The molecule has 0 unspecified atom stereocenters. The first-order chi connectivity index (χ1) is 11.5. The molecule has 5 heteroatoms. The van der Waals surface area contributed by atoms with Gasteiger partial charge in [0.1, 0.15) is 4.88 Å². The van der Waals surface area contributed by atoms with Crippen LogP contribution >= 0.6 is 11.3 Å². The number of hydrogen-bond acceptors (Lipinski definition) is 4. The van der Waals surface area contributed by atoms with Crippen LogP contribution in [-0.4, -0.2) is 10.9 Å². The molecule has 24 heavy (non-hydrogen) atoms. The summed E-state index contributed by atoms with van der Waals surface area (Å²) in [6.45, 7) is 6.01. The van der Waals surface area contributed by atoms with Crippen LogP contribution in [0.3, 0.4) is 0 Å². The highest BCUT2D eigenvalue weighted by Gasteiger charge is 2.13. The number of carbonyl (C=O) groups is 1. The van der Waals surface area contributed by atoms with Crippen LogP contribution in [0.25, 0.3) is 0 Å². The van der Waals surface area contributed by atoms with E-state index in [1.165, 1.54) is 11.3 Å². The number of benzene rings is 2. The van der Waals surface area contributed by atoms with Gasteiger partial charge in [-0.15, -0.1) is 0 Å². The third-order valence-corrected chi connectivity index (χ3v) is 4.75. The van der Waals surface area contributed by atoms with Gasteiger partial charge in [0, 0.05) is 11.4 Å². The van der Waals surface area contributed by atoms with Gasteiger partial charge < -0.3 is 10.6 Å². The van der Waals surface area contributed by atoms with E-state index in [1.54, 1.807) is 6.20 Å². The number of rotatable bonds is 4. The molecule has 0 aliphatic rings. The van der Waals surface area contributed by atoms with E-state index < -0.39 is 0 Å². The number of carbonyl (C=O) groups excluding carboxylic acids is 1. The summed E-state index contributed by atoms with van der Waals surface area (Å²) >= 11 is 1.34. The van der Waals surface area contributed by atoms with Crippen molar-refractivity contribution in [1.29, 1.82) is 0 Å². The summed E-state index contributed by atoms with van der Waals surface area (Å²) in [6, 6.07) is 13.9. The Morgan fingerprint density at radius 2 is 1.62 bits per heavy atom. The van der Waals surface area contributed by atoms with Gasteiger partial charge in [0.15, 0.2) is 5.13 Å². The number of para-hydroxylation sites is 2. The molecule has 0 spiro atoms. The number of anilines is 3. The summed E-state index contributed by atoms with van der Waals surface area (Å²) in [7, 11) is 0. The molecule has 4 nitrogen and oxygen atoms in total. The second-order valence-corrected chi connectivity index (χ2v) is 6.72. The van der Waals surface area contributed by atoms with Gasteiger partial charge in [0.05, 0.1) is 6.20 Å². The highest BCUT2D eigenvalue weighted by molar-refractivity contribution is 7.17. The molecule has 2 aromatic carbocycles. The van der Waals surface area contributed by atoms with Crippen LogP contribution in [-0.2, 0) is 0 Å². The van der Waals surface area contributed by atoms with Crippen LogP contribution < -0.4 is 10.6 Å². The highest BCUT2D eigenvalue weighted by Crippen LogP contribution is 2.26. The van der Waals surface area contributed by atoms with Crippen LogP contribution in [0, 0.1) is 20.8 Å². The van der Waals surface area contributed by atoms with Gasteiger partial charge >= 0.3 is 0 Å². The normalized spacial score (nSPS) is 10.5. The molecule has 3 rings (SSSR count). The van der Waals surface area contributed by atoms with Crippen molar-refractivity contribution >= 4 is 33.8 Å². The fourth-order valence-corrected chi connectivity index (χ4v) is 3.18. The van der Waals surface area contributed by atoms with E-state index >= 15 is 0 Å². The van der Waals surface area contributed by atoms with E-state index in [9.17, 15) is 4.79 Å². The molecule has 0 saturated carbocycles. The lowest BCUT2D eigenvalue weighted by Gasteiger charge is -2.10. The minimum absolute atomic E-state index is 0.136. The van der Waals surface area contributed by atoms with Crippen molar-refractivity contribution < 1.29 is 4.79 Å². The van der Waals surface area contributed by atoms with Gasteiger partial charge in [-0.25, -0.2) is 4.98 Å². The summed E-state index contributed by atoms with van der Waals surface area (Å²) in [5.74, 6) is -0.136. The van der Waals surface area contributed by atoms with Crippen LogP contribution in [0.4, 0.5) is 16.5 Å². The maximum Gasteiger partial charge on any atom is 0.267 e. The van der Waals surface area contributed by atoms with E-state index in [2.05, 4.69) is 15.6 Å². The molecule has 0 atom stereocenters. The summed E-state index contributed by atoms with van der Waals surface area (Å²) in [6.07, 6.45) is 1.61. The summed E-state index contributed by atoms with van der Waals surface area (Å²) in [4.78, 5) is 17.4. The molecule has 0 aliphatic carbocycles. The molecule has 0 fully saturated rings. The van der Waals surface area contributed by atoms with Crippen molar-refractivity contribution in [2.45, 2.75) is 20.8 Å². The predicted molar refractivity (Wildman–Crippen MR) is 100 cm³/mol. The van der Waals surface area contributed by atoms with E-state index in [1.807, 2.05) is 63.2 Å². The Balaban J connectivity index is 1.76. The van der Waals surface area contributed by atoms with Gasteiger partial charge in [-0.2, -0.15) is 0 Å². The van der Waals surface area contributed by atoms with Gasteiger partial charge in [0.25, 0.3) is 5.91 Å². The second kappa shape index (κ2) is 6.84. The first-order valence-corrected chi connectivity index (χ1v) is 8.52. The summed E-state index contributed by atoms with van der Waals surface area (Å²) in [5.41, 5.74) is 5.09. The highest BCUT2D eigenvalue weighted by atomic mass is 32.1. The number of nitrogens with one attached hydrogen (secondary N) is 2. The number of aryl methyl sites for hydroxylation is 3. The molecular formula is C19H19N3OS. The smallest absolute Gasteiger partial charge is 0.267 e. The number of hydrogen-bond donors (Lipinski definition) is 2. The molecular weight excluding hydrogens is 318 g/mol. The molecule has 122 valence electrons. The third kappa shape index (κ3) is 3.46. The minimum Gasteiger partial charge on any atom is -0.331 e. The monoisotopic (exact) mass is 337 g/mol. The number of thiazole rings is 1. The van der Waals surface area contributed by atoms with Crippen LogP contribution in [0.2, 0.25) is 0 Å². The van der Waals surface area contributed by atoms with E-state index in [4.69, 9.17) is 0 Å². The fraction of sp³-hybridized carbons (Fsp3) is 0.158. The standard InChI is InChI=1S/C19H19N3OS/c1-12-7-4-5-10-15(12)21-19-20-11-16(24-19)18(23)22-17-13(2)8-6-9-14(17)3/h4-11H,1-3H3,(H,20,21)(H,22,23). The Labute approximate surface area is 145 Å². The maximum absolute atomic E-state index is 12.5. The van der Waals surface area contributed by atoms with Crippen molar-refractivity contribution in [3.63, 3.8) is 0 Å². The Bertz CT molecular complexity index is 866. The SMILES string of the molecule is Cc1ccccc1Nc1ncc(C(=O)Nc2c(C)cccc2C)s1. The molecule has 1 heterocycles. The molecule has 3 aromatic rings. The molecule has 0 bridgehead atoms. The lowest BCUT2D eigenvalue weighted by molar-refractivity contribution is 0.103. The average molecular weight is 337 g/mol. The zero-order valence-corrected chi connectivity index (χ0v) is 14.7. The van der Waals surface area contributed by atoms with E-state index in [0.29, 0.717) is 10.0 Å². The lowest BCUT2D eigenvalue weighted by Crippen LogP contribution is -2.12. The number of amides is 1. The Morgan fingerprint density at radius 3 is 2.33 bits per heavy atom. The van der Waals surface area contributed by atoms with Gasteiger partial charge in [-0.3, -0.25) is 4.79 Å². The largest absolute Gasteiger partial charge is 0.331 e. The average Bonchev–Trinajstić information content (AvgIpc) is 3.02. The van der Waals surface area contributed by atoms with Gasteiger partial charge in [0.2, 0.25) is 0 Å². The lowest BCUT2D eigenvalue weighted by atomic mass is 10.1. The fourth-order valence-electron chi connectivity index (χ4n) is 2.45. The zero-order chi connectivity index (χ0) is 17.1. The molecule has 0 saturated heterocycles. The molecule has 0 radical (unpaired) electrons. The topological polar surface area (TPSA) is 54.0 Å². The van der Waals surface area contributed by atoms with Gasteiger partial charge in [-0.05, 0) is 43.5 Å². The van der Waals surface area contributed by atoms with Crippen LogP contribution in [0.5, 0.6) is 0 Å². The quantitative estimate of drug-likeness (QED) is 0.699. The van der Waals surface area contributed by atoms with Crippen LogP contribution in [0.1, 0.15) is 26.4 Å². The van der Waals surface area contributed by atoms with Crippen molar-refractivity contribution in [2.24, 2.45) is 0 Å². The maximum atomic E-state index is 12.5. The summed E-state index contributed by atoms with van der Waals surface area (Å²) < 4.78 is 0. The van der Waals surface area contributed by atoms with E-state index in [-0.39, 0.29) is 5.91 Å². The van der Waals surface area contributed by atoms with Crippen molar-refractivity contribution in [2.75, 3.05) is 10.6 Å². The Morgan fingerprint density at radius 1 is 0.958 bits per heavy atom. The molecule has 1 amide bonds. The minimum atomic E-state index is -0.136. The third-order valence-electron chi connectivity index (χ3n) is 3.84. The second-order valence-electron chi connectivity index (χ2n) is 5.69. The van der Waals surface area contributed by atoms with Crippen molar-refractivity contribution in [3.05, 3.63) is 70.2 Å². The van der Waals surface area contributed by atoms with E-state index in [0.717, 1.165) is 28.1 Å². The van der Waals surface area contributed by atoms with Crippen molar-refractivity contribution in [3.8, 4) is 0 Å². The Kier molecular flexibility index (Phi) is 4.62. The zero-order valence-electron chi connectivity index (χ0n) is 13.9. The molecule has 2 N–H and O–H groups in total. The summed E-state index contributed by atoms with van der Waals surface area (Å²) in [5, 5.41) is 6.95. The van der Waals surface area contributed by atoms with Gasteiger partial charge in [-0.1, -0.05) is 47.7 Å². The molecule has 1 aromatic heterocycles. The first-order valence-electron chi connectivity index (χ1n) is 7.70. The first kappa shape index (κ1) is 16.2.